The molecular formula is C12H11N5O5. The van der Waals surface area contributed by atoms with Crippen LogP contribution < -0.4 is 5.76 Å². The van der Waals surface area contributed by atoms with Crippen molar-refractivity contribution >= 4 is 11.9 Å². The summed E-state index contributed by atoms with van der Waals surface area (Å²) >= 11 is 0. The molecule has 2 aromatic rings. The summed E-state index contributed by atoms with van der Waals surface area (Å²) in [4.78, 5) is 44.0. The van der Waals surface area contributed by atoms with Crippen LogP contribution in [0.4, 0.5) is 0 Å². The van der Waals surface area contributed by atoms with E-state index in [0.717, 1.165) is 4.57 Å². The number of hydrogen-bond acceptors (Lipinski definition) is 7. The highest BCUT2D eigenvalue weighted by Gasteiger charge is 2.37. The van der Waals surface area contributed by atoms with Gasteiger partial charge in [-0.15, -0.1) is 0 Å². The monoisotopic (exact) mass is 305 g/mol. The minimum absolute atomic E-state index is 0.0427. The average Bonchev–Trinajstić information content (AvgIpc) is 3.04. The summed E-state index contributed by atoms with van der Waals surface area (Å²) in [6, 6.07) is 0.735. The molecule has 114 valence electrons. The molecule has 0 radical (unpaired) electrons. The van der Waals surface area contributed by atoms with Gasteiger partial charge in [0.1, 0.15) is 12.6 Å². The molecule has 0 aliphatic carbocycles. The largest absolute Gasteiger partial charge is 0.480 e. The molecule has 10 heteroatoms. The van der Waals surface area contributed by atoms with Gasteiger partial charge in [0.15, 0.2) is 5.82 Å². The quantitative estimate of drug-likeness (QED) is 0.772. The van der Waals surface area contributed by atoms with Crippen LogP contribution in [0, 0.1) is 0 Å². The smallest absolute Gasteiger partial charge is 0.442 e. The van der Waals surface area contributed by atoms with Crippen molar-refractivity contribution in [1.29, 1.82) is 0 Å². The lowest BCUT2D eigenvalue weighted by atomic mass is 10.2. The van der Waals surface area contributed by atoms with Gasteiger partial charge in [0.05, 0.1) is 0 Å². The summed E-state index contributed by atoms with van der Waals surface area (Å²) in [5.74, 6) is -2.19. The van der Waals surface area contributed by atoms with Crippen LogP contribution in [0.1, 0.15) is 12.5 Å². The van der Waals surface area contributed by atoms with Crippen molar-refractivity contribution in [3.63, 3.8) is 0 Å². The number of rotatable bonds is 4. The lowest BCUT2D eigenvalue weighted by Crippen LogP contribution is -2.35. The maximum atomic E-state index is 12.3. The first-order valence-electron chi connectivity index (χ1n) is 6.44. The van der Waals surface area contributed by atoms with Crippen LogP contribution in [0.15, 0.2) is 27.8 Å². The Bertz CT molecular complexity index is 768. The van der Waals surface area contributed by atoms with Crippen LogP contribution in [0.3, 0.4) is 0 Å². The highest BCUT2D eigenvalue weighted by molar-refractivity contribution is 5.86. The molecule has 1 saturated heterocycles. The number of carboxylic acid groups (broad SMARTS) is 1. The van der Waals surface area contributed by atoms with E-state index >= 15 is 0 Å². The first-order chi connectivity index (χ1) is 10.6. The number of aromatic nitrogens is 4. The van der Waals surface area contributed by atoms with Gasteiger partial charge in [-0.05, 0) is 12.5 Å². The van der Waals surface area contributed by atoms with Crippen LogP contribution in [0.5, 0.6) is 0 Å². The molecule has 0 bridgehead atoms. The summed E-state index contributed by atoms with van der Waals surface area (Å²) in [5, 5.41) is 12.4. The van der Waals surface area contributed by atoms with Crippen LogP contribution in [0.25, 0.3) is 11.6 Å². The third-order valence-electron chi connectivity index (χ3n) is 3.31. The molecule has 0 aromatic carbocycles. The lowest BCUT2D eigenvalue weighted by molar-refractivity contribution is -0.143. The second-order valence-electron chi connectivity index (χ2n) is 4.67. The predicted molar refractivity (Wildman–Crippen MR) is 69.7 cm³/mol. The number of aliphatic carboxylic acids is 1. The Kier molecular flexibility index (Phi) is 3.41. The van der Waals surface area contributed by atoms with Gasteiger partial charge < -0.3 is 10.0 Å². The normalized spacial score (nSPS) is 17.9. The second-order valence-corrected chi connectivity index (χ2v) is 4.67. The Morgan fingerprint density at radius 3 is 2.77 bits per heavy atom. The van der Waals surface area contributed by atoms with Crippen molar-refractivity contribution in [2.24, 2.45) is 0 Å². The third kappa shape index (κ3) is 2.34. The Morgan fingerprint density at radius 1 is 1.36 bits per heavy atom. The molecule has 1 aliphatic heterocycles. The standard InChI is InChI=1S/C12H11N5O5/c18-8(19)6-16-5-2-7(11(16)20)17-10(15-22-12(17)21)9-13-3-1-4-14-9/h1,3-4,7H,2,5-6H2,(H,18,19). The molecule has 22 heavy (non-hydrogen) atoms. The Labute approximate surface area is 123 Å². The van der Waals surface area contributed by atoms with Gasteiger partial charge in [-0.2, -0.15) is 0 Å². The lowest BCUT2D eigenvalue weighted by Gasteiger charge is -2.14. The predicted octanol–water partition coefficient (Wildman–Crippen LogP) is -0.849. The number of carbonyl (C=O) groups excluding carboxylic acids is 1. The van der Waals surface area contributed by atoms with E-state index in [1.54, 1.807) is 6.07 Å². The maximum absolute atomic E-state index is 12.3. The van der Waals surface area contributed by atoms with Gasteiger partial charge in [0, 0.05) is 18.9 Å². The Hall–Kier alpha value is -3.04. The highest BCUT2D eigenvalue weighted by atomic mass is 16.5. The summed E-state index contributed by atoms with van der Waals surface area (Å²) < 4.78 is 5.69. The zero-order valence-electron chi connectivity index (χ0n) is 11.2. The van der Waals surface area contributed by atoms with Gasteiger partial charge >= 0.3 is 11.7 Å². The van der Waals surface area contributed by atoms with Crippen molar-refractivity contribution in [1.82, 2.24) is 24.6 Å². The van der Waals surface area contributed by atoms with Crippen molar-refractivity contribution < 1.29 is 19.2 Å². The van der Waals surface area contributed by atoms with Gasteiger partial charge in [0.25, 0.3) is 0 Å². The number of carboxylic acids is 1. The topological polar surface area (TPSA) is 131 Å². The van der Waals surface area contributed by atoms with Gasteiger partial charge in [0.2, 0.25) is 11.7 Å². The van der Waals surface area contributed by atoms with E-state index in [2.05, 4.69) is 19.6 Å². The van der Waals surface area contributed by atoms with Gasteiger partial charge in [-0.1, -0.05) is 5.16 Å². The zero-order chi connectivity index (χ0) is 15.7. The van der Waals surface area contributed by atoms with Crippen molar-refractivity contribution in [2.75, 3.05) is 13.1 Å². The molecule has 1 amide bonds. The summed E-state index contributed by atoms with van der Waals surface area (Å²) in [5.41, 5.74) is 0. The van der Waals surface area contributed by atoms with Gasteiger partial charge in [-0.25, -0.2) is 19.3 Å². The number of amides is 1. The second kappa shape index (κ2) is 5.39. The molecule has 1 atom stereocenters. The third-order valence-corrected chi connectivity index (χ3v) is 3.31. The summed E-state index contributed by atoms with van der Waals surface area (Å²) in [6.45, 7) is -0.172. The van der Waals surface area contributed by atoms with Crippen molar-refractivity contribution in [3.8, 4) is 11.6 Å². The minimum Gasteiger partial charge on any atom is -0.480 e. The van der Waals surface area contributed by atoms with E-state index in [1.165, 1.54) is 17.3 Å². The van der Waals surface area contributed by atoms with Crippen LogP contribution in [-0.4, -0.2) is 54.7 Å². The molecule has 3 rings (SSSR count). The van der Waals surface area contributed by atoms with Crippen LogP contribution in [0.2, 0.25) is 0 Å². The van der Waals surface area contributed by atoms with Crippen LogP contribution in [-0.2, 0) is 9.59 Å². The van der Waals surface area contributed by atoms with Crippen LogP contribution >= 0.6 is 0 Å². The highest BCUT2D eigenvalue weighted by Crippen LogP contribution is 2.25. The fourth-order valence-electron chi connectivity index (χ4n) is 2.38. The number of nitrogens with zero attached hydrogens (tertiary/aromatic N) is 5. The Balaban J connectivity index is 1.97. The molecule has 3 heterocycles. The fourth-order valence-corrected chi connectivity index (χ4v) is 2.38. The van der Waals surface area contributed by atoms with Crippen molar-refractivity contribution in [3.05, 3.63) is 29.0 Å². The molecule has 1 aliphatic rings. The fraction of sp³-hybridized carbons (Fsp3) is 0.333. The molecule has 10 nitrogen and oxygen atoms in total. The molecule has 1 unspecified atom stereocenters. The molecule has 0 spiro atoms. The SMILES string of the molecule is O=C(O)CN1CCC(n2c(-c3ncccn3)noc2=O)C1=O. The van der Waals surface area contributed by atoms with E-state index in [1.807, 2.05) is 0 Å². The Morgan fingerprint density at radius 2 is 2.09 bits per heavy atom. The van der Waals surface area contributed by atoms with Crippen molar-refractivity contribution in [2.45, 2.75) is 12.5 Å². The summed E-state index contributed by atoms with van der Waals surface area (Å²) in [6.07, 6.45) is 3.23. The molecule has 1 N–H and O–H groups in total. The minimum atomic E-state index is -1.11. The first kappa shape index (κ1) is 13.9. The molecular weight excluding hydrogens is 294 g/mol. The summed E-state index contributed by atoms with van der Waals surface area (Å²) in [7, 11) is 0. The number of hydrogen-bond donors (Lipinski definition) is 1. The first-order valence-corrected chi connectivity index (χ1v) is 6.44. The van der Waals surface area contributed by atoms with E-state index in [0.29, 0.717) is 0 Å². The average molecular weight is 305 g/mol. The van der Waals surface area contributed by atoms with E-state index < -0.39 is 30.2 Å². The molecule has 2 aromatic heterocycles. The zero-order valence-corrected chi connectivity index (χ0v) is 11.2. The molecule has 0 saturated carbocycles. The van der Waals surface area contributed by atoms with Gasteiger partial charge in [-0.3, -0.25) is 14.1 Å². The molecule has 1 fully saturated rings. The van der Waals surface area contributed by atoms with E-state index in [4.69, 9.17) is 5.11 Å². The maximum Gasteiger partial charge on any atom is 0.442 e. The number of likely N-dealkylation sites (tertiary alicyclic amines) is 1. The van der Waals surface area contributed by atoms with E-state index in [-0.39, 0.29) is 24.6 Å². The van der Waals surface area contributed by atoms with E-state index in [9.17, 15) is 14.4 Å². The number of carbonyl (C=O) groups is 2.